The van der Waals surface area contributed by atoms with E-state index >= 15 is 0 Å². The van der Waals surface area contributed by atoms with Crippen LogP contribution in [-0.4, -0.2) is 16.4 Å². The molecule has 25 heavy (non-hydrogen) atoms. The predicted molar refractivity (Wildman–Crippen MR) is 107 cm³/mol. The Morgan fingerprint density at radius 1 is 1.16 bits per heavy atom. The summed E-state index contributed by atoms with van der Waals surface area (Å²) in [5.74, 6) is 2.36. The van der Waals surface area contributed by atoms with Gasteiger partial charge in [0.15, 0.2) is 5.78 Å². The number of hydrogen-bond acceptors (Lipinski definition) is 2. The first-order chi connectivity index (χ1) is 11.6. The summed E-state index contributed by atoms with van der Waals surface area (Å²) in [5, 5.41) is 0. The second-order valence-corrected chi connectivity index (χ2v) is 10.9. The summed E-state index contributed by atoms with van der Waals surface area (Å²) < 4.78 is 0.731. The lowest BCUT2D eigenvalue weighted by Gasteiger charge is -2.60. The fourth-order valence-electron chi connectivity index (χ4n) is 6.77. The van der Waals surface area contributed by atoms with Crippen molar-refractivity contribution in [3.63, 3.8) is 0 Å². The molecule has 4 aliphatic rings. The van der Waals surface area contributed by atoms with Crippen molar-refractivity contribution in [2.75, 3.05) is 0 Å². The van der Waals surface area contributed by atoms with Gasteiger partial charge < -0.3 is 0 Å². The van der Waals surface area contributed by atoms with E-state index < -0.39 is 0 Å². The van der Waals surface area contributed by atoms with Crippen LogP contribution in [0.1, 0.15) is 52.9 Å². The molecule has 0 N–H and O–H groups in total. The number of alkyl halides is 1. The molecule has 3 saturated carbocycles. The Morgan fingerprint density at radius 3 is 2.52 bits per heavy atom. The predicted octanol–water partition coefficient (Wildman–Crippen LogP) is 5.60. The minimum absolute atomic E-state index is 0.0616. The van der Waals surface area contributed by atoms with Crippen molar-refractivity contribution in [3.8, 4) is 0 Å². The van der Waals surface area contributed by atoms with Gasteiger partial charge in [-0.1, -0.05) is 43.3 Å². The largest absolute Gasteiger partial charge is 0.299 e. The summed E-state index contributed by atoms with van der Waals surface area (Å²) >= 11 is 7.29. The molecule has 4 aliphatic carbocycles. The van der Waals surface area contributed by atoms with Gasteiger partial charge in [0.25, 0.3) is 0 Å². The van der Waals surface area contributed by atoms with E-state index in [0.29, 0.717) is 23.5 Å². The third kappa shape index (κ3) is 2.13. The number of hydrogen-bond donors (Lipinski definition) is 0. The Hall–Kier alpha value is -0.220. The quantitative estimate of drug-likeness (QED) is 0.433. The third-order valence-electron chi connectivity index (χ3n) is 8.36. The number of ketones is 2. The molecular weight excluding hydrogens is 444 g/mol. The van der Waals surface area contributed by atoms with Crippen LogP contribution >= 0.6 is 31.9 Å². The Bertz CT molecular complexity index is 723. The van der Waals surface area contributed by atoms with E-state index in [0.717, 1.165) is 47.7 Å². The van der Waals surface area contributed by atoms with Gasteiger partial charge in [0.05, 0.1) is 9.31 Å². The highest BCUT2D eigenvalue weighted by Crippen LogP contribution is 2.67. The lowest BCUT2D eigenvalue weighted by Crippen LogP contribution is -2.56. The Kier molecular flexibility index (Phi) is 4.10. The van der Waals surface area contributed by atoms with Gasteiger partial charge in [-0.05, 0) is 76.4 Å². The highest BCUT2D eigenvalue weighted by molar-refractivity contribution is 9.12. The lowest BCUT2D eigenvalue weighted by atomic mass is 9.44. The fourth-order valence-corrected chi connectivity index (χ4v) is 8.81. The Morgan fingerprint density at radius 2 is 1.84 bits per heavy atom. The van der Waals surface area contributed by atoms with Gasteiger partial charge in [-0.3, -0.25) is 9.59 Å². The number of allylic oxidation sites excluding steroid dienone is 2. The Balaban J connectivity index is 1.85. The zero-order valence-electron chi connectivity index (χ0n) is 15.2. The van der Waals surface area contributed by atoms with Crippen molar-refractivity contribution in [3.05, 3.63) is 22.2 Å². The Labute approximate surface area is 167 Å². The molecule has 1 unspecified atom stereocenters. The first-order valence-electron chi connectivity index (χ1n) is 9.44. The molecule has 7 atom stereocenters. The molecule has 0 aliphatic heterocycles. The fraction of sp³-hybridized carbons (Fsp3) is 0.714. The first kappa shape index (κ1) is 18.2. The SMILES string of the molecule is C=C1C[C@@H]2[C@H](CC[C@]3(C)C(=O)CC[C@@H]23)[C@]2(C)C1=C(Br)C(=O)C(Br)[C@@H]2C. The standard InChI is InChI=1S/C21H26Br2O2/c1-10-9-12-13-5-6-15(24)20(13,3)8-7-14(12)21(4)11(2)17(22)19(25)18(23)16(10)21/h11-14,17H,1,5-9H2,2-4H3/t11-,12-,13-,14-,17?,20-,21+/m0/s1. The molecule has 0 spiro atoms. The summed E-state index contributed by atoms with van der Waals surface area (Å²) in [4.78, 5) is 25.1. The minimum atomic E-state index is -0.152. The van der Waals surface area contributed by atoms with E-state index in [4.69, 9.17) is 0 Å². The average molecular weight is 470 g/mol. The van der Waals surface area contributed by atoms with Crippen LogP contribution in [0.3, 0.4) is 0 Å². The van der Waals surface area contributed by atoms with Crippen LogP contribution < -0.4 is 0 Å². The van der Waals surface area contributed by atoms with Gasteiger partial charge in [0.2, 0.25) is 0 Å². The molecule has 0 aromatic rings. The van der Waals surface area contributed by atoms with Crippen molar-refractivity contribution in [1.29, 1.82) is 0 Å². The van der Waals surface area contributed by atoms with Crippen molar-refractivity contribution in [1.82, 2.24) is 0 Å². The number of halogens is 2. The van der Waals surface area contributed by atoms with E-state index in [1.807, 2.05) is 0 Å². The lowest BCUT2D eigenvalue weighted by molar-refractivity contribution is -0.132. The summed E-state index contributed by atoms with van der Waals surface area (Å²) in [6, 6.07) is 0. The van der Waals surface area contributed by atoms with Crippen molar-refractivity contribution in [2.45, 2.75) is 57.7 Å². The summed E-state index contributed by atoms with van der Waals surface area (Å²) in [6.07, 6.45) is 4.79. The van der Waals surface area contributed by atoms with E-state index in [1.54, 1.807) is 0 Å². The van der Waals surface area contributed by atoms with Gasteiger partial charge in [-0.25, -0.2) is 0 Å². The molecule has 0 aromatic heterocycles. The van der Waals surface area contributed by atoms with Crippen LogP contribution in [-0.2, 0) is 9.59 Å². The minimum Gasteiger partial charge on any atom is -0.299 e. The van der Waals surface area contributed by atoms with Gasteiger partial charge >= 0.3 is 0 Å². The molecule has 3 fully saturated rings. The molecule has 0 aromatic carbocycles. The molecular formula is C21H26Br2O2. The van der Waals surface area contributed by atoms with E-state index in [-0.39, 0.29) is 27.4 Å². The summed E-state index contributed by atoms with van der Waals surface area (Å²) in [7, 11) is 0. The maximum Gasteiger partial charge on any atom is 0.183 e. The number of rotatable bonds is 0. The highest BCUT2D eigenvalue weighted by atomic mass is 79.9. The first-order valence-corrected chi connectivity index (χ1v) is 11.1. The smallest absolute Gasteiger partial charge is 0.183 e. The van der Waals surface area contributed by atoms with Crippen molar-refractivity contribution < 1.29 is 9.59 Å². The second-order valence-electron chi connectivity index (χ2n) is 9.13. The zero-order chi connectivity index (χ0) is 18.3. The highest BCUT2D eigenvalue weighted by Gasteiger charge is 2.62. The third-order valence-corrected chi connectivity index (χ3v) is 10.4. The van der Waals surface area contributed by atoms with Gasteiger partial charge in [0.1, 0.15) is 5.78 Å². The molecule has 0 radical (unpaired) electrons. The molecule has 0 bridgehead atoms. The van der Waals surface area contributed by atoms with Gasteiger partial charge in [0, 0.05) is 17.3 Å². The number of Topliss-reactive ketones (excluding diaryl/α,β-unsaturated/α-hetero) is 2. The molecule has 2 nitrogen and oxygen atoms in total. The maximum absolute atomic E-state index is 12.7. The second kappa shape index (κ2) is 5.64. The van der Waals surface area contributed by atoms with E-state index in [1.165, 1.54) is 0 Å². The number of carbonyl (C=O) groups excluding carboxylic acids is 2. The van der Waals surface area contributed by atoms with E-state index in [9.17, 15) is 9.59 Å². The zero-order valence-corrected chi connectivity index (χ0v) is 18.4. The van der Waals surface area contributed by atoms with Crippen molar-refractivity contribution in [2.24, 2.45) is 34.5 Å². The van der Waals surface area contributed by atoms with Crippen molar-refractivity contribution >= 4 is 43.4 Å². The summed E-state index contributed by atoms with van der Waals surface area (Å²) in [5.41, 5.74) is 2.08. The van der Waals surface area contributed by atoms with E-state index in [2.05, 4.69) is 59.2 Å². The number of fused-ring (bicyclic) bond motifs is 5. The molecule has 0 heterocycles. The van der Waals surface area contributed by atoms with Crippen LogP contribution in [0.25, 0.3) is 0 Å². The molecule has 4 heteroatoms. The summed E-state index contributed by atoms with van der Waals surface area (Å²) in [6.45, 7) is 11.2. The molecule has 0 saturated heterocycles. The average Bonchev–Trinajstić information content (AvgIpc) is 2.87. The topological polar surface area (TPSA) is 34.1 Å². The van der Waals surface area contributed by atoms with Crippen LogP contribution in [0.5, 0.6) is 0 Å². The molecule has 136 valence electrons. The number of carbonyl (C=O) groups is 2. The molecule has 4 rings (SSSR count). The van der Waals surface area contributed by atoms with Crippen LogP contribution in [0, 0.1) is 34.5 Å². The van der Waals surface area contributed by atoms with Crippen LogP contribution in [0.15, 0.2) is 22.2 Å². The normalized spacial score (nSPS) is 49.8. The molecule has 0 amide bonds. The van der Waals surface area contributed by atoms with Crippen LogP contribution in [0.2, 0.25) is 0 Å². The monoisotopic (exact) mass is 468 g/mol. The van der Waals surface area contributed by atoms with Gasteiger partial charge in [-0.15, -0.1) is 0 Å². The van der Waals surface area contributed by atoms with Crippen LogP contribution in [0.4, 0.5) is 0 Å². The van der Waals surface area contributed by atoms with Gasteiger partial charge in [-0.2, -0.15) is 0 Å². The maximum atomic E-state index is 12.7.